The zero-order valence-electron chi connectivity index (χ0n) is 72.5. The van der Waals surface area contributed by atoms with Crippen LogP contribution in [0.4, 0.5) is 58.4 Å². The molecule has 34 heteroatoms. The van der Waals surface area contributed by atoms with E-state index in [2.05, 4.69) is 64.8 Å². The van der Waals surface area contributed by atoms with E-state index >= 15 is 0 Å². The van der Waals surface area contributed by atoms with Gasteiger partial charge in [-0.15, -0.1) is 0 Å². The van der Waals surface area contributed by atoms with E-state index in [-0.39, 0.29) is 107 Å². The van der Waals surface area contributed by atoms with E-state index < -0.39 is 82.0 Å². The molecule has 1 aliphatic heterocycles. The number of ketones is 5. The molecule has 668 valence electrons. The molecular formula is C101H65F12N17O5. The highest BCUT2D eigenvalue weighted by atomic mass is 19.2. The molecule has 11 aromatic heterocycles. The fraction of sp³-hybridized carbons (Fsp3) is 0.0594. The molecule has 135 heavy (non-hydrogen) atoms. The lowest BCUT2D eigenvalue weighted by Crippen LogP contribution is -2.08. The minimum absolute atomic E-state index is 0.0188. The average molecular weight is 1830 g/mol. The van der Waals surface area contributed by atoms with Crippen LogP contribution in [0.2, 0.25) is 0 Å². The van der Waals surface area contributed by atoms with E-state index in [1.807, 2.05) is 0 Å². The van der Waals surface area contributed by atoms with Gasteiger partial charge in [0.25, 0.3) is 0 Å². The van der Waals surface area contributed by atoms with Crippen molar-refractivity contribution in [2.24, 2.45) is 33.2 Å². The molecule has 12 heterocycles. The van der Waals surface area contributed by atoms with E-state index in [1.54, 1.807) is 139 Å². The summed E-state index contributed by atoms with van der Waals surface area (Å²) >= 11 is 0. The Kier molecular flexibility index (Phi) is 21.9. The molecule has 1 aliphatic rings. The number of nitrogens with one attached hydrogen (secondary N) is 7. The molecule has 0 atom stereocenters. The van der Waals surface area contributed by atoms with E-state index in [4.69, 9.17) is 2.74 Å². The van der Waals surface area contributed by atoms with Crippen molar-refractivity contribution in [3.05, 3.63) is 393 Å². The monoisotopic (exact) mass is 1830 g/mol. The van der Waals surface area contributed by atoms with Gasteiger partial charge in [0.1, 0.15) is 74.7 Å². The Morgan fingerprint density at radius 2 is 0.704 bits per heavy atom. The number of rotatable bonds is 12. The number of carbonyl (C=O) groups is 5. The maximum Gasteiger partial charge on any atom is 0.230 e. The fourth-order valence-electron chi connectivity index (χ4n) is 16.4. The third-order valence-corrected chi connectivity index (χ3v) is 23.0. The number of carbonyl (C=O) groups excluding carboxylic acids is 5. The van der Waals surface area contributed by atoms with Gasteiger partial charge in [0, 0.05) is 125 Å². The number of benzene rings is 12. The van der Waals surface area contributed by atoms with Gasteiger partial charge in [-0.25, -0.2) is 77.6 Å². The molecule has 22 nitrogen and oxygen atoms in total. The Morgan fingerprint density at radius 1 is 0.326 bits per heavy atom. The molecule has 0 saturated heterocycles. The fourth-order valence-corrected chi connectivity index (χ4v) is 16.4. The number of H-pyrrole nitrogens is 7. The van der Waals surface area contributed by atoms with Crippen LogP contribution in [0.25, 0.3) is 121 Å². The highest BCUT2D eigenvalue weighted by Gasteiger charge is 2.29. The van der Waals surface area contributed by atoms with Crippen LogP contribution in [0, 0.1) is 69.8 Å². The summed E-state index contributed by atoms with van der Waals surface area (Å²) in [6, 6.07) is 53.2. The molecule has 0 unspecified atom stereocenters. The van der Waals surface area contributed by atoms with E-state index in [1.165, 1.54) is 163 Å². The quantitative estimate of drug-likeness (QED) is 0.0448. The Labute approximate surface area is 754 Å². The third kappa shape index (κ3) is 15.9. The number of imidazole rings is 5. The molecule has 0 saturated carbocycles. The number of nitrogens with zero attached hydrogens (tertiary/aromatic N) is 10. The summed E-state index contributed by atoms with van der Waals surface area (Å²) in [6.07, 6.45) is 7.18. The molecule has 0 spiro atoms. The van der Waals surface area contributed by atoms with Crippen LogP contribution >= 0.6 is 0 Å². The normalized spacial score (nSPS) is 12.1. The second kappa shape index (κ2) is 35.0. The van der Waals surface area contributed by atoms with Gasteiger partial charge in [-0.05, 0) is 126 Å². The van der Waals surface area contributed by atoms with Crippen molar-refractivity contribution < 1.29 is 79.4 Å². The van der Waals surface area contributed by atoms with Crippen LogP contribution in [0.3, 0.4) is 0 Å². The summed E-state index contributed by atoms with van der Waals surface area (Å²) in [5, 5.41) is 2.89. The Balaban J connectivity index is 0.000000105. The van der Waals surface area contributed by atoms with Crippen molar-refractivity contribution in [3.8, 4) is 0 Å². The topological polar surface area (TPSA) is 292 Å². The molecule has 7 N–H and O–H groups in total. The molecule has 0 amide bonds. The zero-order chi connectivity index (χ0) is 96.0. The van der Waals surface area contributed by atoms with Crippen molar-refractivity contribution in [3.63, 3.8) is 0 Å². The molecule has 12 aromatic carbocycles. The predicted molar refractivity (Wildman–Crippen MR) is 486 cm³/mol. The maximum atomic E-state index is 13.9. The second-order valence-electron chi connectivity index (χ2n) is 31.1. The number of fused-ring (bicyclic) bond motifs is 12. The van der Waals surface area contributed by atoms with Crippen LogP contribution in [-0.4, -0.2) is 113 Å². The lowest BCUT2D eigenvalue weighted by atomic mass is 10.0. The standard InChI is InChI=1S/4C17H11F2N3O.C17H12F2N2.C16H9F2N3O/c1-22-13-7-3-6-12(19)15(13)21-17(22)16(23)10-8-20-14-9(10)4-2-5-11(14)18;1-22-15-12(19)6-3-7-13(15)21-17(22)16(23)10-8-20-14-9(10)4-2-5-11(14)18;1-22-14-6-5-9(18)7-13(14)21-17(22)16(23)11-8-20-15-10(11)3-2-4-12(15)19;1-22-14-7-9(18)5-6-13(14)21-17(22)16(23)11-8-20-15-10(11)3-2-4-12(15)19;18-12-5-4-10-6-13(21-16(10)8-12)7-11-9-20-17-14(11)2-1-3-15(17)19;17-10-4-1-3-8-9(7-19-13(8)10)15(22)16-20-12-6-2-5-11(18)14(12)21-16/h4*2-8,20H,1H3;1-5,8-9,20H,6-7H2;1-7,19H,(H,20,21)/i;;;;7D2;. The zero-order valence-corrected chi connectivity index (χ0v) is 70.5. The van der Waals surface area contributed by atoms with Crippen LogP contribution in [-0.2, 0) is 41.0 Å². The number of aliphatic imine (C=N–C) groups is 1. The molecule has 0 fully saturated rings. The minimum Gasteiger partial charge on any atom is -0.359 e. The predicted octanol–water partition coefficient (Wildman–Crippen LogP) is 22.1. The average Bonchev–Trinajstić information content (AvgIpc) is 1.60. The van der Waals surface area contributed by atoms with Gasteiger partial charge in [0.05, 0.1) is 105 Å². The van der Waals surface area contributed by atoms with Gasteiger partial charge in [0.2, 0.25) is 28.9 Å². The number of aryl methyl sites for hydroxylation is 4. The second-order valence-corrected chi connectivity index (χ2v) is 31.1. The Bertz CT molecular complexity index is 8770. The smallest absolute Gasteiger partial charge is 0.230 e. The summed E-state index contributed by atoms with van der Waals surface area (Å²) in [5.74, 6) is -6.52. The molecule has 23 aromatic rings. The van der Waals surface area contributed by atoms with E-state index in [0.717, 1.165) is 5.56 Å². The SMILES string of the molecule is Cn1c(C(=O)c2c[nH]c3c(F)cccc23)nc2c(F)cccc21.Cn1c(C(=O)c2c[nH]c3c(F)cccc23)nc2cc(F)ccc21.Cn1c(C(=O)c2c[nH]c3c(F)cccc23)nc2ccc(F)cc21.Cn1c(C(=O)c2c[nH]c3c(F)cccc23)nc2cccc(F)c21.O=C(c1nc2c(F)cccc2[nH]1)c1c[nH]c2c(F)cccc12.[2H]C([2H])(C1=Nc2cc(F)ccc2C1)c1c[nH]c2c(F)cccc12. The van der Waals surface area contributed by atoms with Crippen LogP contribution in [0.1, 0.15) is 94.8 Å². The first kappa shape index (κ1) is 84.3. The first-order chi connectivity index (χ1) is 65.9. The van der Waals surface area contributed by atoms with Crippen molar-refractivity contribution in [1.29, 1.82) is 0 Å². The molecular weight excluding hydrogens is 1760 g/mol. The van der Waals surface area contributed by atoms with Crippen LogP contribution < -0.4 is 0 Å². The number of para-hydroxylation sites is 9. The summed E-state index contributed by atoms with van der Waals surface area (Å²) in [6.45, 7) is 0. The van der Waals surface area contributed by atoms with Crippen molar-refractivity contribution in [1.82, 2.24) is 78.1 Å². The molecule has 0 aliphatic carbocycles. The van der Waals surface area contributed by atoms with Gasteiger partial charge in [-0.1, -0.05) is 97.1 Å². The van der Waals surface area contributed by atoms with Crippen LogP contribution in [0.5, 0.6) is 0 Å². The van der Waals surface area contributed by atoms with Gasteiger partial charge in [0.15, 0.2) is 40.8 Å². The summed E-state index contributed by atoms with van der Waals surface area (Å²) in [4.78, 5) is 108. The lowest BCUT2D eigenvalue weighted by molar-refractivity contribution is 0.102. The number of aromatic amines is 7. The molecule has 24 rings (SSSR count). The lowest BCUT2D eigenvalue weighted by Gasteiger charge is -2.01. The van der Waals surface area contributed by atoms with Gasteiger partial charge >= 0.3 is 0 Å². The Morgan fingerprint density at radius 3 is 1.21 bits per heavy atom. The maximum absolute atomic E-state index is 13.9. The molecule has 0 bridgehead atoms. The Hall–Kier alpha value is -17.6. The van der Waals surface area contributed by atoms with Crippen molar-refractivity contribution >= 4 is 161 Å². The number of halogens is 12. The van der Waals surface area contributed by atoms with E-state index in [0.29, 0.717) is 117 Å². The van der Waals surface area contributed by atoms with Gasteiger partial charge in [-0.3, -0.25) is 29.0 Å². The van der Waals surface area contributed by atoms with Crippen LogP contribution in [0.15, 0.2) is 261 Å². The van der Waals surface area contributed by atoms with Crippen molar-refractivity contribution in [2.45, 2.75) is 12.8 Å². The number of hydrogen-bond donors (Lipinski definition) is 7. The summed E-state index contributed by atoms with van der Waals surface area (Å²) in [5.41, 5.74) is 9.05. The number of hydrogen-bond acceptors (Lipinski definition) is 11. The first-order valence-corrected chi connectivity index (χ1v) is 41.1. The summed E-state index contributed by atoms with van der Waals surface area (Å²) in [7, 11) is 6.58. The van der Waals surface area contributed by atoms with Crippen molar-refractivity contribution in [2.75, 3.05) is 0 Å². The number of aromatic nitrogens is 16. The minimum atomic E-state index is -1.87. The van der Waals surface area contributed by atoms with Gasteiger partial charge in [-0.2, -0.15) is 0 Å². The first-order valence-electron chi connectivity index (χ1n) is 42.1. The highest BCUT2D eigenvalue weighted by Crippen LogP contribution is 2.35. The largest absolute Gasteiger partial charge is 0.359 e. The van der Waals surface area contributed by atoms with Gasteiger partial charge < -0.3 is 53.2 Å². The molecule has 0 radical (unpaired) electrons. The van der Waals surface area contributed by atoms with E-state index in [9.17, 15) is 76.7 Å². The summed E-state index contributed by atoms with van der Waals surface area (Å²) < 4.78 is 187. The third-order valence-electron chi connectivity index (χ3n) is 23.0. The highest BCUT2D eigenvalue weighted by molar-refractivity contribution is 6.20.